The fourth-order valence-electron chi connectivity index (χ4n) is 2.82. The van der Waals surface area contributed by atoms with E-state index in [9.17, 15) is 4.79 Å². The molecule has 4 aromatic rings. The van der Waals surface area contributed by atoms with E-state index < -0.39 is 5.91 Å². The Morgan fingerprint density at radius 2 is 1.93 bits per heavy atom. The van der Waals surface area contributed by atoms with Crippen LogP contribution < -0.4 is 5.43 Å². The van der Waals surface area contributed by atoms with E-state index in [1.54, 1.807) is 12.1 Å². The van der Waals surface area contributed by atoms with Crippen molar-refractivity contribution in [2.45, 2.75) is 6.92 Å². The molecule has 2 aromatic carbocycles. The van der Waals surface area contributed by atoms with Gasteiger partial charge >= 0.3 is 5.91 Å². The molecule has 2 aromatic heterocycles. The largest absolute Gasteiger partial charge is 0.455 e. The van der Waals surface area contributed by atoms with Gasteiger partial charge < -0.3 is 8.83 Å². The molecule has 0 aliphatic heterocycles. The third kappa shape index (κ3) is 4.32. The third-order valence-corrected chi connectivity index (χ3v) is 5.49. The smallest absolute Gasteiger partial charge is 0.307 e. The van der Waals surface area contributed by atoms with Gasteiger partial charge in [-0.2, -0.15) is 5.10 Å². The minimum atomic E-state index is -0.460. The van der Waals surface area contributed by atoms with E-state index in [1.807, 2.05) is 43.3 Å². The summed E-state index contributed by atoms with van der Waals surface area (Å²) in [7, 11) is 0. The first-order valence-corrected chi connectivity index (χ1v) is 10.5. The van der Waals surface area contributed by atoms with Gasteiger partial charge in [-0.1, -0.05) is 33.6 Å². The predicted molar refractivity (Wildman–Crippen MR) is 121 cm³/mol. The minimum Gasteiger partial charge on any atom is -0.455 e. The maximum absolute atomic E-state index is 12.3. The number of amides is 1. The Balaban J connectivity index is 1.48. The van der Waals surface area contributed by atoms with E-state index in [4.69, 9.17) is 20.4 Å². The van der Waals surface area contributed by atoms with Gasteiger partial charge in [0.1, 0.15) is 17.1 Å². The van der Waals surface area contributed by atoms with Crippen LogP contribution in [0.3, 0.4) is 0 Å². The van der Waals surface area contributed by atoms with Crippen LogP contribution in [-0.2, 0) is 0 Å². The molecule has 0 atom stereocenters. The van der Waals surface area contributed by atoms with Crippen molar-refractivity contribution in [1.29, 1.82) is 0 Å². The van der Waals surface area contributed by atoms with Crippen molar-refractivity contribution in [1.82, 2.24) is 5.43 Å². The normalized spacial score (nSPS) is 11.4. The summed E-state index contributed by atoms with van der Waals surface area (Å²) < 4.78 is 13.0. The number of benzene rings is 2. The lowest BCUT2D eigenvalue weighted by Gasteiger charge is -2.02. The quantitative estimate of drug-likeness (QED) is 0.227. The molecule has 0 spiro atoms. The Morgan fingerprint density at radius 1 is 1.10 bits per heavy atom. The standard InChI is InChI=1S/C21H13Br2ClN2O3/c1-11-2-3-14(24)9-16(11)18-5-4-15(28-18)10-25-26-21(27)19-7-12-6-13(22)8-17(23)20(12)29-19/h2-10H,1H3,(H,26,27)/b25-10-. The number of hydrogen-bond acceptors (Lipinski definition) is 4. The van der Waals surface area contributed by atoms with Crippen molar-refractivity contribution >= 4 is 66.6 Å². The van der Waals surface area contributed by atoms with Crippen LogP contribution >= 0.6 is 43.5 Å². The van der Waals surface area contributed by atoms with Crippen LogP contribution in [-0.4, -0.2) is 12.1 Å². The Hall–Kier alpha value is -2.35. The van der Waals surface area contributed by atoms with Crippen molar-refractivity contribution in [3.8, 4) is 11.3 Å². The molecule has 1 N–H and O–H groups in total. The molecule has 0 bridgehead atoms. The Kier molecular flexibility index (Phi) is 5.63. The molecule has 5 nitrogen and oxygen atoms in total. The second-order valence-corrected chi connectivity index (χ2v) is 8.48. The van der Waals surface area contributed by atoms with Gasteiger partial charge in [0.15, 0.2) is 5.76 Å². The number of hydrazone groups is 1. The number of halogens is 3. The topological polar surface area (TPSA) is 67.7 Å². The SMILES string of the molecule is Cc1ccc(Cl)cc1-c1ccc(/C=N\NC(=O)c2cc3cc(Br)cc(Br)c3o2)o1. The van der Waals surface area contributed by atoms with Crippen molar-refractivity contribution in [2.24, 2.45) is 5.10 Å². The van der Waals surface area contributed by atoms with Gasteiger partial charge in [-0.05, 0) is 70.9 Å². The van der Waals surface area contributed by atoms with Crippen molar-refractivity contribution < 1.29 is 13.6 Å². The van der Waals surface area contributed by atoms with Crippen LogP contribution in [0.1, 0.15) is 21.9 Å². The lowest BCUT2D eigenvalue weighted by atomic mass is 10.1. The van der Waals surface area contributed by atoms with Crippen LogP contribution in [0.15, 0.2) is 71.4 Å². The molecular weight excluding hydrogens is 524 g/mol. The van der Waals surface area contributed by atoms with Gasteiger partial charge in [0, 0.05) is 20.4 Å². The average Bonchev–Trinajstić information content (AvgIpc) is 3.31. The highest BCUT2D eigenvalue weighted by atomic mass is 79.9. The minimum absolute atomic E-state index is 0.158. The molecule has 4 rings (SSSR count). The van der Waals surface area contributed by atoms with Gasteiger partial charge in [-0.25, -0.2) is 5.43 Å². The highest BCUT2D eigenvalue weighted by molar-refractivity contribution is 9.11. The van der Waals surface area contributed by atoms with E-state index in [-0.39, 0.29) is 5.76 Å². The number of rotatable bonds is 4. The zero-order valence-electron chi connectivity index (χ0n) is 15.0. The van der Waals surface area contributed by atoms with E-state index in [2.05, 4.69) is 42.4 Å². The summed E-state index contributed by atoms with van der Waals surface area (Å²) in [4.78, 5) is 12.3. The number of carbonyl (C=O) groups is 1. The van der Waals surface area contributed by atoms with Gasteiger partial charge in [-0.3, -0.25) is 4.79 Å². The summed E-state index contributed by atoms with van der Waals surface area (Å²) in [6, 6.07) is 14.6. The van der Waals surface area contributed by atoms with E-state index in [0.29, 0.717) is 22.1 Å². The summed E-state index contributed by atoms with van der Waals surface area (Å²) in [6.45, 7) is 1.98. The summed E-state index contributed by atoms with van der Waals surface area (Å²) in [5.74, 6) is 0.866. The molecule has 1 amide bonds. The first-order valence-electron chi connectivity index (χ1n) is 8.49. The number of nitrogens with zero attached hydrogens (tertiary/aromatic N) is 1. The summed E-state index contributed by atoms with van der Waals surface area (Å²) in [5, 5.41) is 5.38. The number of aryl methyl sites for hydroxylation is 1. The fraction of sp³-hybridized carbons (Fsp3) is 0.0476. The Labute approximate surface area is 188 Å². The molecule has 0 unspecified atom stereocenters. The van der Waals surface area contributed by atoms with Crippen molar-refractivity contribution in [3.63, 3.8) is 0 Å². The lowest BCUT2D eigenvalue weighted by Crippen LogP contribution is -2.16. The molecule has 8 heteroatoms. The maximum Gasteiger partial charge on any atom is 0.307 e. The number of fused-ring (bicyclic) bond motifs is 1. The number of nitrogens with one attached hydrogen (secondary N) is 1. The van der Waals surface area contributed by atoms with Crippen LogP contribution in [0.25, 0.3) is 22.3 Å². The molecule has 0 aliphatic carbocycles. The average molecular weight is 537 g/mol. The van der Waals surface area contributed by atoms with Crippen LogP contribution in [0.5, 0.6) is 0 Å². The summed E-state index contributed by atoms with van der Waals surface area (Å²) in [5.41, 5.74) is 4.98. The molecule has 29 heavy (non-hydrogen) atoms. The molecule has 0 aliphatic rings. The van der Waals surface area contributed by atoms with Gasteiger partial charge in [0.25, 0.3) is 0 Å². The zero-order valence-corrected chi connectivity index (χ0v) is 18.9. The molecule has 0 fully saturated rings. The number of carbonyl (C=O) groups excluding carboxylic acids is 1. The first-order chi connectivity index (χ1) is 13.9. The van der Waals surface area contributed by atoms with E-state index in [1.165, 1.54) is 6.21 Å². The highest BCUT2D eigenvalue weighted by Gasteiger charge is 2.14. The number of hydrogen-bond donors (Lipinski definition) is 1. The molecule has 0 saturated carbocycles. The van der Waals surface area contributed by atoms with Crippen molar-refractivity contribution in [3.05, 3.63) is 79.6 Å². The molecule has 146 valence electrons. The lowest BCUT2D eigenvalue weighted by molar-refractivity contribution is 0.0929. The van der Waals surface area contributed by atoms with Gasteiger partial charge in [-0.15, -0.1) is 0 Å². The zero-order chi connectivity index (χ0) is 20.5. The van der Waals surface area contributed by atoms with Crippen LogP contribution in [0.4, 0.5) is 0 Å². The van der Waals surface area contributed by atoms with Gasteiger partial charge in [0.05, 0.1) is 10.7 Å². The molecule has 0 radical (unpaired) electrons. The predicted octanol–water partition coefficient (Wildman–Crippen LogP) is 6.94. The maximum atomic E-state index is 12.3. The Bertz CT molecular complexity index is 1260. The third-order valence-electron chi connectivity index (χ3n) is 4.21. The van der Waals surface area contributed by atoms with E-state index in [0.717, 1.165) is 25.5 Å². The van der Waals surface area contributed by atoms with E-state index >= 15 is 0 Å². The first kappa shape index (κ1) is 19.9. The second kappa shape index (κ2) is 8.18. The Morgan fingerprint density at radius 3 is 2.76 bits per heavy atom. The van der Waals surface area contributed by atoms with Crippen LogP contribution in [0, 0.1) is 6.92 Å². The van der Waals surface area contributed by atoms with Crippen molar-refractivity contribution in [2.75, 3.05) is 0 Å². The molecular formula is C21H13Br2ClN2O3. The second-order valence-electron chi connectivity index (χ2n) is 6.28. The van der Waals surface area contributed by atoms with Crippen LogP contribution in [0.2, 0.25) is 5.02 Å². The summed E-state index contributed by atoms with van der Waals surface area (Å²) in [6.07, 6.45) is 1.43. The highest BCUT2D eigenvalue weighted by Crippen LogP contribution is 2.31. The molecule has 2 heterocycles. The fourth-order valence-corrected chi connectivity index (χ4v) is 4.34. The number of furan rings is 2. The monoisotopic (exact) mass is 534 g/mol. The molecule has 0 saturated heterocycles. The van der Waals surface area contributed by atoms with Gasteiger partial charge in [0.2, 0.25) is 0 Å². The summed E-state index contributed by atoms with van der Waals surface area (Å²) >= 11 is 12.9.